The summed E-state index contributed by atoms with van der Waals surface area (Å²) in [5.74, 6) is 0.636. The zero-order chi connectivity index (χ0) is 23.4. The maximum absolute atomic E-state index is 13.3. The SMILES string of the molecule is CCCCCOc1ccccc1C1N(C(=O)CC)c2ccccc2-c2c(=O)[nH]c(SC)n[n+]21. The Morgan fingerprint density at radius 1 is 1.15 bits per heavy atom. The first-order valence-electron chi connectivity index (χ1n) is 11.3. The van der Waals surface area contributed by atoms with Crippen LogP contribution < -0.4 is 19.9 Å². The fourth-order valence-corrected chi connectivity index (χ4v) is 4.51. The first kappa shape index (κ1) is 23.0. The number of para-hydroxylation sites is 2. The molecule has 0 saturated heterocycles. The smallest absolute Gasteiger partial charge is 0.325 e. The number of fused-ring (bicyclic) bond motifs is 3. The lowest BCUT2D eigenvalue weighted by atomic mass is 10.0. The minimum atomic E-state index is -0.641. The number of hydrogen-bond donors (Lipinski definition) is 1. The van der Waals surface area contributed by atoms with Crippen LogP contribution in [0.25, 0.3) is 11.3 Å². The summed E-state index contributed by atoms with van der Waals surface area (Å²) in [4.78, 5) is 31.1. The Morgan fingerprint density at radius 3 is 2.67 bits per heavy atom. The van der Waals surface area contributed by atoms with Crippen LogP contribution in [-0.2, 0) is 4.79 Å². The first-order valence-corrected chi connectivity index (χ1v) is 12.6. The van der Waals surface area contributed by atoms with Gasteiger partial charge in [-0.2, -0.15) is 0 Å². The second-order valence-electron chi connectivity index (χ2n) is 7.86. The van der Waals surface area contributed by atoms with E-state index in [0.717, 1.165) is 24.8 Å². The predicted octanol–water partition coefficient (Wildman–Crippen LogP) is 4.32. The molecule has 1 N–H and O–H groups in total. The molecule has 2 heterocycles. The van der Waals surface area contributed by atoms with Crippen molar-refractivity contribution in [1.29, 1.82) is 0 Å². The molecule has 4 rings (SSSR count). The van der Waals surface area contributed by atoms with E-state index in [-0.39, 0.29) is 11.5 Å². The van der Waals surface area contributed by atoms with Gasteiger partial charge in [-0.15, -0.1) is 0 Å². The third kappa shape index (κ3) is 4.39. The van der Waals surface area contributed by atoms with E-state index in [1.807, 2.05) is 61.7 Å². The van der Waals surface area contributed by atoms with Crippen molar-refractivity contribution in [3.05, 3.63) is 64.4 Å². The molecule has 0 fully saturated rings. The molecule has 0 saturated carbocycles. The Kier molecular flexibility index (Phi) is 7.13. The van der Waals surface area contributed by atoms with Crippen LogP contribution in [0.15, 0.2) is 58.5 Å². The first-order chi connectivity index (χ1) is 16.1. The topological polar surface area (TPSA) is 79.2 Å². The van der Waals surface area contributed by atoms with Gasteiger partial charge in [0.1, 0.15) is 5.75 Å². The molecule has 1 aliphatic heterocycles. The maximum atomic E-state index is 13.3. The van der Waals surface area contributed by atoms with Crippen LogP contribution in [0.5, 0.6) is 5.75 Å². The van der Waals surface area contributed by atoms with Crippen molar-refractivity contribution in [2.45, 2.75) is 50.9 Å². The Balaban J connectivity index is 1.95. The molecule has 0 radical (unpaired) electrons. The molecule has 1 amide bonds. The van der Waals surface area contributed by atoms with Crippen molar-refractivity contribution in [3.8, 4) is 17.0 Å². The highest BCUT2D eigenvalue weighted by Gasteiger charge is 2.46. The lowest BCUT2D eigenvalue weighted by Gasteiger charge is -2.32. The number of ether oxygens (including phenoxy) is 1. The molecule has 3 aromatic rings. The zero-order valence-electron chi connectivity index (χ0n) is 19.2. The standard InChI is InChI=1S/C25H28N4O3S/c1-4-6-11-16-32-20-15-10-8-13-18(20)24-28(21(30)5-2)19-14-9-7-12-17(19)22-23(31)26-25(33-3)27-29(22)24/h7-10,12-15,24H,4-6,11,16H2,1-3H3/p+1. The van der Waals surface area contributed by atoms with Crippen LogP contribution >= 0.6 is 11.8 Å². The van der Waals surface area contributed by atoms with E-state index >= 15 is 0 Å². The van der Waals surface area contributed by atoms with E-state index in [1.54, 1.807) is 9.58 Å². The van der Waals surface area contributed by atoms with Gasteiger partial charge in [0.25, 0.3) is 6.17 Å². The number of thioether (sulfide) groups is 1. The number of nitrogens with one attached hydrogen (secondary N) is 1. The fraction of sp³-hybridized carbons (Fsp3) is 0.360. The summed E-state index contributed by atoms with van der Waals surface area (Å²) in [6, 6.07) is 15.2. The molecule has 0 aliphatic carbocycles. The van der Waals surface area contributed by atoms with E-state index in [0.29, 0.717) is 40.9 Å². The highest BCUT2D eigenvalue weighted by molar-refractivity contribution is 7.98. The molecule has 1 unspecified atom stereocenters. The van der Waals surface area contributed by atoms with Gasteiger partial charge in [-0.3, -0.25) is 14.6 Å². The van der Waals surface area contributed by atoms with Gasteiger partial charge in [-0.05, 0) is 41.6 Å². The Hall–Kier alpha value is -3.13. The Bertz CT molecular complexity index is 1210. The van der Waals surface area contributed by atoms with Crippen molar-refractivity contribution in [3.63, 3.8) is 0 Å². The maximum Gasteiger partial charge on any atom is 0.325 e. The number of H-pyrrole nitrogens is 1. The van der Waals surface area contributed by atoms with Gasteiger partial charge >= 0.3 is 11.3 Å². The quantitative estimate of drug-likeness (QED) is 0.305. The van der Waals surface area contributed by atoms with Crippen molar-refractivity contribution in [2.24, 2.45) is 0 Å². The molecule has 172 valence electrons. The van der Waals surface area contributed by atoms with Crippen molar-refractivity contribution < 1.29 is 14.2 Å². The van der Waals surface area contributed by atoms with Crippen LogP contribution in [0.3, 0.4) is 0 Å². The number of hydrogen-bond acceptors (Lipinski definition) is 5. The lowest BCUT2D eigenvalue weighted by molar-refractivity contribution is -0.763. The molecule has 33 heavy (non-hydrogen) atoms. The summed E-state index contributed by atoms with van der Waals surface area (Å²) < 4.78 is 7.85. The average Bonchev–Trinajstić information content (AvgIpc) is 2.85. The van der Waals surface area contributed by atoms with E-state index in [9.17, 15) is 9.59 Å². The van der Waals surface area contributed by atoms with Crippen LogP contribution in [0, 0.1) is 0 Å². The van der Waals surface area contributed by atoms with E-state index in [2.05, 4.69) is 11.9 Å². The monoisotopic (exact) mass is 465 g/mol. The molecular formula is C25H29N4O3S+. The number of rotatable bonds is 8. The number of aromatic nitrogens is 3. The highest BCUT2D eigenvalue weighted by Crippen LogP contribution is 2.39. The summed E-state index contributed by atoms with van der Waals surface area (Å²) in [7, 11) is 0. The number of carbonyl (C=O) groups excluding carboxylic acids is 1. The zero-order valence-corrected chi connectivity index (χ0v) is 20.0. The van der Waals surface area contributed by atoms with Crippen LogP contribution in [-0.4, -0.2) is 28.9 Å². The number of carbonyl (C=O) groups is 1. The lowest BCUT2D eigenvalue weighted by Crippen LogP contribution is -2.60. The number of aromatic amines is 1. The van der Waals surface area contributed by atoms with Crippen molar-refractivity contribution in [2.75, 3.05) is 17.8 Å². The van der Waals surface area contributed by atoms with Crippen LogP contribution in [0.1, 0.15) is 51.3 Å². The number of amides is 1. The number of unbranched alkanes of at least 4 members (excludes halogenated alkanes) is 2. The molecule has 1 atom stereocenters. The summed E-state index contributed by atoms with van der Waals surface area (Å²) in [5.41, 5.74) is 2.35. The second kappa shape index (κ2) is 10.2. The van der Waals surface area contributed by atoms with Gasteiger partial charge in [0.15, 0.2) is 0 Å². The third-order valence-corrected chi connectivity index (χ3v) is 6.30. The van der Waals surface area contributed by atoms with Gasteiger partial charge in [0.2, 0.25) is 11.1 Å². The van der Waals surface area contributed by atoms with E-state index in [1.165, 1.54) is 11.8 Å². The normalized spacial score (nSPS) is 14.5. The number of benzene rings is 2. The fourth-order valence-electron chi connectivity index (χ4n) is 4.14. The van der Waals surface area contributed by atoms with Crippen LogP contribution in [0.4, 0.5) is 5.69 Å². The molecule has 2 aromatic carbocycles. The molecule has 1 aliphatic rings. The Morgan fingerprint density at radius 2 is 1.91 bits per heavy atom. The number of nitrogens with zero attached hydrogens (tertiary/aromatic N) is 3. The van der Waals surface area contributed by atoms with E-state index < -0.39 is 6.17 Å². The minimum Gasteiger partial charge on any atom is -0.493 e. The largest absolute Gasteiger partial charge is 0.493 e. The number of anilines is 1. The molecule has 1 aromatic heterocycles. The molecule has 7 nitrogen and oxygen atoms in total. The van der Waals surface area contributed by atoms with Gasteiger partial charge in [-0.1, -0.05) is 62.7 Å². The Labute approximate surface area is 197 Å². The van der Waals surface area contributed by atoms with Gasteiger partial charge in [0, 0.05) is 11.5 Å². The predicted molar refractivity (Wildman–Crippen MR) is 130 cm³/mol. The van der Waals surface area contributed by atoms with Gasteiger partial charge in [-0.25, -0.2) is 4.90 Å². The van der Waals surface area contributed by atoms with Crippen molar-refractivity contribution >= 4 is 23.4 Å². The molecule has 0 bridgehead atoms. The van der Waals surface area contributed by atoms with Gasteiger partial charge < -0.3 is 4.74 Å². The third-order valence-electron chi connectivity index (χ3n) is 5.73. The van der Waals surface area contributed by atoms with Crippen molar-refractivity contribution in [1.82, 2.24) is 10.1 Å². The summed E-state index contributed by atoms with van der Waals surface area (Å²) in [6.45, 7) is 4.59. The summed E-state index contributed by atoms with van der Waals surface area (Å²) >= 11 is 1.35. The summed E-state index contributed by atoms with van der Waals surface area (Å²) in [5, 5.41) is 5.23. The van der Waals surface area contributed by atoms with Crippen LogP contribution in [0.2, 0.25) is 0 Å². The molecule has 8 heteroatoms. The highest BCUT2D eigenvalue weighted by atomic mass is 32.2. The van der Waals surface area contributed by atoms with E-state index in [4.69, 9.17) is 9.84 Å². The second-order valence-corrected chi connectivity index (χ2v) is 8.65. The van der Waals surface area contributed by atoms with Gasteiger partial charge in [0.05, 0.1) is 23.4 Å². The molecular weight excluding hydrogens is 436 g/mol. The molecule has 0 spiro atoms. The summed E-state index contributed by atoms with van der Waals surface area (Å²) in [6.07, 6.45) is 4.68. The minimum absolute atomic E-state index is 0.0563. The average molecular weight is 466 g/mol.